The number of hydrogen-bond acceptors (Lipinski definition) is 3. The van der Waals surface area contributed by atoms with Crippen molar-refractivity contribution < 1.29 is 4.74 Å². The second kappa shape index (κ2) is 5.73. The number of rotatable bonds is 5. The number of hydrogen-bond donors (Lipinski definition) is 1. The maximum absolute atomic E-state index is 5.17. The summed E-state index contributed by atoms with van der Waals surface area (Å²) >= 11 is 0. The van der Waals surface area contributed by atoms with Crippen LogP contribution in [0.5, 0.6) is 0 Å². The molecule has 0 heterocycles. The second-order valence-electron chi connectivity index (χ2n) is 3.79. The quantitative estimate of drug-likeness (QED) is 0.796. The van der Waals surface area contributed by atoms with Crippen LogP contribution < -0.4 is 10.2 Å². The maximum atomic E-state index is 5.17. The highest BCUT2D eigenvalue weighted by Gasteiger charge is 2.09. The van der Waals surface area contributed by atoms with Gasteiger partial charge < -0.3 is 15.0 Å². The lowest BCUT2D eigenvalue weighted by Gasteiger charge is -2.19. The van der Waals surface area contributed by atoms with Crippen LogP contribution in [0, 0.1) is 0 Å². The summed E-state index contributed by atoms with van der Waals surface area (Å²) < 4.78 is 5.17. The monoisotopic (exact) mass is 208 g/mol. The molecule has 0 aliphatic heterocycles. The molecule has 0 aromatic heterocycles. The number of methoxy groups -OCH3 is 1. The highest BCUT2D eigenvalue weighted by atomic mass is 16.5. The fraction of sp³-hybridized carbons (Fsp3) is 0.500. The van der Waals surface area contributed by atoms with Gasteiger partial charge in [-0.1, -0.05) is 12.1 Å². The lowest BCUT2D eigenvalue weighted by atomic mass is 10.1. The molecule has 1 aromatic carbocycles. The van der Waals surface area contributed by atoms with Crippen LogP contribution in [0.15, 0.2) is 24.3 Å². The van der Waals surface area contributed by atoms with Gasteiger partial charge in [-0.05, 0) is 24.7 Å². The molecule has 1 N–H and O–H groups in total. The van der Waals surface area contributed by atoms with Crippen LogP contribution in [0.25, 0.3) is 0 Å². The van der Waals surface area contributed by atoms with Crippen molar-refractivity contribution in [1.29, 1.82) is 0 Å². The summed E-state index contributed by atoms with van der Waals surface area (Å²) in [5.41, 5.74) is 2.47. The van der Waals surface area contributed by atoms with Crippen LogP contribution in [0.3, 0.4) is 0 Å². The molecule has 0 fully saturated rings. The molecule has 1 aromatic rings. The summed E-state index contributed by atoms with van der Waals surface area (Å²) in [7, 11) is 7.76. The van der Waals surface area contributed by atoms with Crippen molar-refractivity contribution in [2.75, 3.05) is 39.8 Å². The molecule has 0 saturated carbocycles. The normalized spacial score (nSPS) is 12.5. The molecule has 0 aliphatic rings. The van der Waals surface area contributed by atoms with Crippen LogP contribution in [0.4, 0.5) is 5.69 Å². The van der Waals surface area contributed by atoms with Crippen molar-refractivity contribution in [2.45, 2.75) is 6.04 Å². The van der Waals surface area contributed by atoms with Gasteiger partial charge in [-0.25, -0.2) is 0 Å². The molecule has 84 valence electrons. The van der Waals surface area contributed by atoms with E-state index >= 15 is 0 Å². The molecule has 0 radical (unpaired) electrons. The Morgan fingerprint density at radius 1 is 1.40 bits per heavy atom. The Morgan fingerprint density at radius 2 is 2.13 bits per heavy atom. The molecular weight excluding hydrogens is 188 g/mol. The zero-order chi connectivity index (χ0) is 11.3. The predicted octanol–water partition coefficient (Wildman–Crippen LogP) is 1.66. The Morgan fingerprint density at radius 3 is 2.67 bits per heavy atom. The van der Waals surface area contributed by atoms with Gasteiger partial charge in [-0.15, -0.1) is 0 Å². The summed E-state index contributed by atoms with van der Waals surface area (Å²) in [6.07, 6.45) is 0. The Kier molecular flexibility index (Phi) is 4.59. The van der Waals surface area contributed by atoms with Crippen LogP contribution in [0.2, 0.25) is 0 Å². The SMILES string of the molecule is CNC(COC)c1cccc(N(C)C)c1. The van der Waals surface area contributed by atoms with Gasteiger partial charge in [-0.2, -0.15) is 0 Å². The first-order valence-electron chi connectivity index (χ1n) is 5.12. The van der Waals surface area contributed by atoms with E-state index in [1.165, 1.54) is 11.3 Å². The predicted molar refractivity (Wildman–Crippen MR) is 64.4 cm³/mol. The van der Waals surface area contributed by atoms with Gasteiger partial charge in [0.15, 0.2) is 0 Å². The van der Waals surface area contributed by atoms with Crippen LogP contribution >= 0.6 is 0 Å². The third-order valence-corrected chi connectivity index (χ3v) is 2.47. The van der Waals surface area contributed by atoms with Gasteiger partial charge in [0.1, 0.15) is 0 Å². The summed E-state index contributed by atoms with van der Waals surface area (Å²) in [6, 6.07) is 8.73. The van der Waals surface area contributed by atoms with Crippen LogP contribution in [-0.4, -0.2) is 34.9 Å². The van der Waals surface area contributed by atoms with Crippen LogP contribution in [-0.2, 0) is 4.74 Å². The van der Waals surface area contributed by atoms with E-state index in [2.05, 4.69) is 34.5 Å². The van der Waals surface area contributed by atoms with E-state index in [0.29, 0.717) is 6.61 Å². The minimum atomic E-state index is 0.259. The average Bonchev–Trinajstić information content (AvgIpc) is 2.26. The molecule has 1 atom stereocenters. The Bertz CT molecular complexity index is 299. The third kappa shape index (κ3) is 3.22. The lowest BCUT2D eigenvalue weighted by Crippen LogP contribution is -2.21. The molecule has 0 aliphatic carbocycles. The van der Waals surface area contributed by atoms with Crippen molar-refractivity contribution in [1.82, 2.24) is 5.32 Å². The second-order valence-corrected chi connectivity index (χ2v) is 3.79. The third-order valence-electron chi connectivity index (χ3n) is 2.47. The number of nitrogens with zero attached hydrogens (tertiary/aromatic N) is 1. The average molecular weight is 208 g/mol. The zero-order valence-corrected chi connectivity index (χ0v) is 9.95. The molecule has 3 nitrogen and oxygen atoms in total. The smallest absolute Gasteiger partial charge is 0.0657 e. The zero-order valence-electron chi connectivity index (χ0n) is 9.95. The van der Waals surface area contributed by atoms with Gasteiger partial charge in [0, 0.05) is 26.9 Å². The molecule has 1 unspecified atom stereocenters. The van der Waals surface area contributed by atoms with Crippen molar-refractivity contribution in [3.05, 3.63) is 29.8 Å². The fourth-order valence-electron chi connectivity index (χ4n) is 1.53. The van der Waals surface area contributed by atoms with E-state index in [1.807, 2.05) is 21.1 Å². The van der Waals surface area contributed by atoms with Gasteiger partial charge in [-0.3, -0.25) is 0 Å². The summed E-state index contributed by atoms with van der Waals surface area (Å²) in [4.78, 5) is 2.10. The fourth-order valence-corrected chi connectivity index (χ4v) is 1.53. The number of anilines is 1. The van der Waals surface area contributed by atoms with E-state index in [4.69, 9.17) is 4.74 Å². The molecule has 0 spiro atoms. The van der Waals surface area contributed by atoms with Crippen LogP contribution in [0.1, 0.15) is 11.6 Å². The molecule has 1 rings (SSSR count). The lowest BCUT2D eigenvalue weighted by molar-refractivity contribution is 0.170. The van der Waals surface area contributed by atoms with Crippen molar-refractivity contribution >= 4 is 5.69 Å². The highest BCUT2D eigenvalue weighted by Crippen LogP contribution is 2.19. The molecule has 3 heteroatoms. The van der Waals surface area contributed by atoms with Gasteiger partial charge >= 0.3 is 0 Å². The molecule has 0 bridgehead atoms. The summed E-state index contributed by atoms with van der Waals surface area (Å²) in [5, 5.41) is 3.24. The van der Waals surface area contributed by atoms with Crippen molar-refractivity contribution in [3.63, 3.8) is 0 Å². The van der Waals surface area contributed by atoms with E-state index in [-0.39, 0.29) is 6.04 Å². The molecule has 0 amide bonds. The first-order valence-corrected chi connectivity index (χ1v) is 5.12. The van der Waals surface area contributed by atoms with E-state index < -0.39 is 0 Å². The first-order chi connectivity index (χ1) is 7.19. The maximum Gasteiger partial charge on any atom is 0.0657 e. The van der Waals surface area contributed by atoms with E-state index in [9.17, 15) is 0 Å². The minimum Gasteiger partial charge on any atom is -0.383 e. The molecular formula is C12H20N2O. The van der Waals surface area contributed by atoms with Gasteiger partial charge in [0.2, 0.25) is 0 Å². The molecule has 0 saturated heterocycles. The topological polar surface area (TPSA) is 24.5 Å². The molecule has 15 heavy (non-hydrogen) atoms. The standard InChI is InChI=1S/C12H20N2O/c1-13-12(9-15-4)10-6-5-7-11(8-10)14(2)3/h5-8,12-13H,9H2,1-4H3. The summed E-state index contributed by atoms with van der Waals surface area (Å²) in [5.74, 6) is 0. The first kappa shape index (κ1) is 12.0. The number of likely N-dealkylation sites (N-methyl/N-ethyl adjacent to an activating group) is 1. The van der Waals surface area contributed by atoms with Gasteiger partial charge in [0.05, 0.1) is 12.6 Å². The number of benzene rings is 1. The largest absolute Gasteiger partial charge is 0.383 e. The van der Waals surface area contributed by atoms with E-state index in [1.54, 1.807) is 7.11 Å². The number of nitrogens with one attached hydrogen (secondary N) is 1. The number of ether oxygens (including phenoxy) is 1. The minimum absolute atomic E-state index is 0.259. The van der Waals surface area contributed by atoms with Crippen molar-refractivity contribution in [3.8, 4) is 0 Å². The van der Waals surface area contributed by atoms with E-state index in [0.717, 1.165) is 0 Å². The summed E-state index contributed by atoms with van der Waals surface area (Å²) in [6.45, 7) is 0.688. The van der Waals surface area contributed by atoms with Gasteiger partial charge in [0.25, 0.3) is 0 Å². The highest BCUT2D eigenvalue weighted by molar-refractivity contribution is 5.47. The Balaban J connectivity index is 2.87. The van der Waals surface area contributed by atoms with Crippen molar-refractivity contribution in [2.24, 2.45) is 0 Å². The Hall–Kier alpha value is -1.06. The Labute approximate surface area is 92.0 Å².